The molecule has 5 N–H and O–H groups in total. The van der Waals surface area contributed by atoms with Crippen LogP contribution in [-0.4, -0.2) is 96.1 Å². The van der Waals surface area contributed by atoms with Crippen LogP contribution in [0.1, 0.15) is 26.7 Å². The van der Waals surface area contributed by atoms with Gasteiger partial charge in [-0.05, 0) is 12.8 Å². The van der Waals surface area contributed by atoms with E-state index in [-0.39, 0.29) is 19.3 Å². The van der Waals surface area contributed by atoms with Gasteiger partial charge in [-0.3, -0.25) is 0 Å². The van der Waals surface area contributed by atoms with Gasteiger partial charge in [-0.25, -0.2) is 0 Å². The highest BCUT2D eigenvalue weighted by Gasteiger charge is 2.42. The number of ether oxygens (including phenoxy) is 4. The van der Waals surface area contributed by atoms with E-state index in [0.29, 0.717) is 12.8 Å². The molecule has 7 unspecified atom stereocenters. The second kappa shape index (κ2) is 12.9. The SMILES string of the molecule is CCC(CO)OC(CO)OC.CCC1OC(OC)C(O)C(O)C1O. The van der Waals surface area contributed by atoms with Crippen molar-refractivity contribution in [1.82, 2.24) is 0 Å². The van der Waals surface area contributed by atoms with Crippen LogP contribution in [-0.2, 0) is 18.9 Å². The zero-order chi connectivity index (χ0) is 18.7. The molecule has 0 saturated carbocycles. The van der Waals surface area contributed by atoms with E-state index in [0.717, 1.165) is 0 Å². The van der Waals surface area contributed by atoms with E-state index in [1.54, 1.807) is 0 Å². The summed E-state index contributed by atoms with van der Waals surface area (Å²) in [5.41, 5.74) is 0. The molecule has 1 aliphatic heterocycles. The third-order valence-electron chi connectivity index (χ3n) is 3.72. The molecule has 1 fully saturated rings. The largest absolute Gasteiger partial charge is 0.394 e. The van der Waals surface area contributed by atoms with Gasteiger partial charge in [0.2, 0.25) is 0 Å². The molecule has 0 radical (unpaired) electrons. The van der Waals surface area contributed by atoms with Crippen LogP contribution in [0.25, 0.3) is 0 Å². The lowest BCUT2D eigenvalue weighted by atomic mass is 9.97. The first-order chi connectivity index (χ1) is 11.4. The van der Waals surface area contributed by atoms with Gasteiger partial charge in [0.25, 0.3) is 0 Å². The Morgan fingerprint density at radius 1 is 0.958 bits per heavy atom. The Morgan fingerprint density at radius 3 is 1.96 bits per heavy atom. The fourth-order valence-electron chi connectivity index (χ4n) is 2.11. The topological polar surface area (TPSA) is 138 Å². The first-order valence-corrected chi connectivity index (χ1v) is 8.02. The van der Waals surface area contributed by atoms with Crippen LogP contribution >= 0.6 is 0 Å². The van der Waals surface area contributed by atoms with Crippen LogP contribution in [0.5, 0.6) is 0 Å². The summed E-state index contributed by atoms with van der Waals surface area (Å²) in [5, 5.41) is 45.5. The summed E-state index contributed by atoms with van der Waals surface area (Å²) in [6.45, 7) is 3.49. The highest BCUT2D eigenvalue weighted by atomic mass is 16.7. The van der Waals surface area contributed by atoms with Gasteiger partial charge in [-0.15, -0.1) is 0 Å². The lowest BCUT2D eigenvalue weighted by molar-refractivity contribution is -0.290. The number of rotatable bonds is 8. The Morgan fingerprint density at radius 2 is 1.58 bits per heavy atom. The normalized spacial score (nSPS) is 32.6. The second-order valence-electron chi connectivity index (χ2n) is 5.36. The fraction of sp³-hybridized carbons (Fsp3) is 1.00. The van der Waals surface area contributed by atoms with Crippen molar-refractivity contribution < 1.29 is 44.5 Å². The van der Waals surface area contributed by atoms with Crippen molar-refractivity contribution in [3.63, 3.8) is 0 Å². The Balaban J connectivity index is 0.000000449. The highest BCUT2D eigenvalue weighted by Crippen LogP contribution is 2.23. The van der Waals surface area contributed by atoms with E-state index < -0.39 is 37.0 Å². The van der Waals surface area contributed by atoms with Gasteiger partial charge < -0.3 is 44.5 Å². The molecule has 0 aromatic carbocycles. The molecule has 0 bridgehead atoms. The number of methoxy groups -OCH3 is 2. The predicted octanol–water partition coefficient (Wildman–Crippen LogP) is -1.41. The standard InChI is InChI=1S/C8H16O5.C7H16O4/c1-3-4-5(9)6(10)7(11)8(12-2)13-4;1-3-6(4-8)11-7(5-9)10-2/h4-11H,3H2,1-2H3;6-9H,3-5H2,1-2H3. The molecule has 1 saturated heterocycles. The van der Waals surface area contributed by atoms with E-state index in [4.69, 9.17) is 29.2 Å². The quantitative estimate of drug-likeness (QED) is 0.332. The predicted molar refractivity (Wildman–Crippen MR) is 84.1 cm³/mol. The monoisotopic (exact) mass is 356 g/mol. The molecule has 0 amide bonds. The zero-order valence-corrected chi connectivity index (χ0v) is 14.7. The third kappa shape index (κ3) is 7.26. The Hall–Kier alpha value is -0.360. The molecule has 0 aromatic rings. The van der Waals surface area contributed by atoms with Gasteiger partial charge >= 0.3 is 0 Å². The summed E-state index contributed by atoms with van der Waals surface area (Å²) in [5.74, 6) is 0. The lowest BCUT2D eigenvalue weighted by Crippen LogP contribution is -2.57. The van der Waals surface area contributed by atoms with E-state index in [9.17, 15) is 15.3 Å². The second-order valence-corrected chi connectivity index (χ2v) is 5.36. The summed E-state index contributed by atoms with van der Waals surface area (Å²) in [4.78, 5) is 0. The van der Waals surface area contributed by atoms with Crippen molar-refractivity contribution in [3.8, 4) is 0 Å². The van der Waals surface area contributed by atoms with Gasteiger partial charge in [0.05, 0.1) is 25.4 Å². The number of aliphatic hydroxyl groups excluding tert-OH is 5. The lowest BCUT2D eigenvalue weighted by Gasteiger charge is -2.39. The Bertz CT molecular complexity index is 267. The van der Waals surface area contributed by atoms with Crippen LogP contribution in [0.15, 0.2) is 0 Å². The van der Waals surface area contributed by atoms with Gasteiger partial charge in [-0.1, -0.05) is 13.8 Å². The minimum Gasteiger partial charge on any atom is -0.394 e. The van der Waals surface area contributed by atoms with Crippen LogP contribution in [0.3, 0.4) is 0 Å². The van der Waals surface area contributed by atoms with Gasteiger partial charge in [0.15, 0.2) is 12.6 Å². The number of hydrogen-bond acceptors (Lipinski definition) is 9. The molecule has 1 rings (SSSR count). The van der Waals surface area contributed by atoms with Gasteiger partial charge in [0.1, 0.15) is 18.3 Å². The third-order valence-corrected chi connectivity index (χ3v) is 3.72. The van der Waals surface area contributed by atoms with Crippen LogP contribution in [0.4, 0.5) is 0 Å². The van der Waals surface area contributed by atoms with E-state index in [1.807, 2.05) is 13.8 Å². The van der Waals surface area contributed by atoms with Crippen LogP contribution < -0.4 is 0 Å². The minimum absolute atomic E-state index is 0.0453. The molecule has 0 spiro atoms. The summed E-state index contributed by atoms with van der Waals surface area (Å²) < 4.78 is 19.9. The smallest absolute Gasteiger partial charge is 0.186 e. The van der Waals surface area contributed by atoms with Crippen LogP contribution in [0, 0.1) is 0 Å². The molecule has 9 nitrogen and oxygen atoms in total. The minimum atomic E-state index is -1.20. The summed E-state index contributed by atoms with van der Waals surface area (Å²) in [6, 6.07) is 0. The molecular formula is C15H32O9. The summed E-state index contributed by atoms with van der Waals surface area (Å²) >= 11 is 0. The maximum absolute atomic E-state index is 9.43. The number of hydrogen-bond donors (Lipinski definition) is 5. The van der Waals surface area contributed by atoms with Gasteiger partial charge in [0, 0.05) is 14.2 Å². The molecule has 9 heteroatoms. The number of aliphatic hydroxyl groups is 5. The van der Waals surface area contributed by atoms with Crippen LogP contribution in [0.2, 0.25) is 0 Å². The van der Waals surface area contributed by atoms with E-state index in [1.165, 1.54) is 14.2 Å². The van der Waals surface area contributed by atoms with Crippen molar-refractivity contribution in [2.75, 3.05) is 27.4 Å². The van der Waals surface area contributed by atoms with Gasteiger partial charge in [-0.2, -0.15) is 0 Å². The molecular weight excluding hydrogens is 324 g/mol. The van der Waals surface area contributed by atoms with E-state index in [2.05, 4.69) is 0 Å². The molecule has 0 aliphatic carbocycles. The first kappa shape index (κ1) is 23.6. The summed E-state index contributed by atoms with van der Waals surface area (Å²) in [6.07, 6.45) is -4.38. The molecule has 7 atom stereocenters. The van der Waals surface area contributed by atoms with E-state index >= 15 is 0 Å². The van der Waals surface area contributed by atoms with Crippen molar-refractivity contribution in [2.45, 2.75) is 69.8 Å². The van der Waals surface area contributed by atoms with Crippen molar-refractivity contribution in [1.29, 1.82) is 0 Å². The molecule has 1 heterocycles. The molecule has 146 valence electrons. The van der Waals surface area contributed by atoms with Crippen molar-refractivity contribution >= 4 is 0 Å². The first-order valence-electron chi connectivity index (χ1n) is 8.02. The fourth-order valence-corrected chi connectivity index (χ4v) is 2.11. The van der Waals surface area contributed by atoms with Crippen molar-refractivity contribution in [2.24, 2.45) is 0 Å². The maximum atomic E-state index is 9.43. The molecule has 0 aromatic heterocycles. The maximum Gasteiger partial charge on any atom is 0.186 e. The highest BCUT2D eigenvalue weighted by molar-refractivity contribution is 4.88. The average molecular weight is 356 g/mol. The summed E-state index contributed by atoms with van der Waals surface area (Å²) in [7, 11) is 2.83. The molecule has 24 heavy (non-hydrogen) atoms. The van der Waals surface area contributed by atoms with Crippen molar-refractivity contribution in [3.05, 3.63) is 0 Å². The Kier molecular flexibility index (Phi) is 12.7. The Labute approximate surface area is 142 Å². The molecule has 1 aliphatic rings. The zero-order valence-electron chi connectivity index (χ0n) is 14.7. The average Bonchev–Trinajstić information content (AvgIpc) is 2.62.